The summed E-state index contributed by atoms with van der Waals surface area (Å²) in [5.41, 5.74) is 0. The fraction of sp³-hybridized carbons (Fsp3) is 0.667. The van der Waals surface area contributed by atoms with Gasteiger partial charge in [-0.2, -0.15) is 0 Å². The molecule has 0 aromatic carbocycles. The van der Waals surface area contributed by atoms with Crippen LogP contribution in [0.25, 0.3) is 0 Å². The third kappa shape index (κ3) is 8.74. The van der Waals surface area contributed by atoms with Gasteiger partial charge in [-0.25, -0.2) is 9.59 Å². The van der Waals surface area contributed by atoms with Gasteiger partial charge in [0.05, 0.1) is 13.2 Å². The number of carbonyl (C=O) groups is 2. The molecule has 0 saturated heterocycles. The van der Waals surface area contributed by atoms with E-state index < -0.39 is 11.9 Å². The zero-order valence-electron chi connectivity index (χ0n) is 10.3. The number of rotatable bonds is 8. The highest BCUT2D eigenvalue weighted by atomic mass is 35.5. The van der Waals surface area contributed by atoms with E-state index in [9.17, 15) is 9.59 Å². The van der Waals surface area contributed by atoms with Gasteiger partial charge in [-0.05, 0) is 12.8 Å². The lowest BCUT2D eigenvalue weighted by Crippen LogP contribution is -2.09. The molecule has 17 heavy (non-hydrogen) atoms. The van der Waals surface area contributed by atoms with E-state index in [2.05, 4.69) is 0 Å². The third-order valence-corrected chi connectivity index (χ3v) is 2.18. The van der Waals surface area contributed by atoms with Gasteiger partial charge in [0.25, 0.3) is 0 Å². The van der Waals surface area contributed by atoms with E-state index in [0.29, 0.717) is 13.2 Å². The van der Waals surface area contributed by atoms with Crippen LogP contribution in [-0.2, 0) is 19.1 Å². The molecule has 0 aliphatic heterocycles. The van der Waals surface area contributed by atoms with E-state index in [1.165, 1.54) is 0 Å². The Morgan fingerprint density at radius 1 is 1.06 bits per heavy atom. The molecule has 0 aliphatic rings. The second-order valence-electron chi connectivity index (χ2n) is 3.50. The maximum atomic E-state index is 11.3. The molecule has 5 heteroatoms. The highest BCUT2D eigenvalue weighted by Crippen LogP contribution is 2.05. The van der Waals surface area contributed by atoms with Crippen LogP contribution in [0.5, 0.6) is 0 Å². The Hall–Kier alpha value is -1.03. The summed E-state index contributed by atoms with van der Waals surface area (Å²) >= 11 is 5.60. The molecular weight excluding hydrogens is 244 g/mol. The lowest BCUT2D eigenvalue weighted by Gasteiger charge is -2.03. The Morgan fingerprint density at radius 2 is 1.59 bits per heavy atom. The lowest BCUT2D eigenvalue weighted by molar-refractivity contribution is -0.141. The highest BCUT2D eigenvalue weighted by Gasteiger charge is 2.10. The predicted octanol–water partition coefficient (Wildman–Crippen LogP) is 2.80. The standard InChI is InChI=1S/C12H19ClO4/c1-3-5-7-16-11(14)9-10(13)12(15)17-8-6-4-2/h9H,3-8H2,1-2H3/b10-9+. The van der Waals surface area contributed by atoms with Crippen molar-refractivity contribution in [2.45, 2.75) is 39.5 Å². The average molecular weight is 263 g/mol. The van der Waals surface area contributed by atoms with Gasteiger partial charge in [0, 0.05) is 6.08 Å². The molecule has 0 aromatic rings. The van der Waals surface area contributed by atoms with Gasteiger partial charge in [-0.1, -0.05) is 38.3 Å². The largest absolute Gasteiger partial charge is 0.462 e. The van der Waals surface area contributed by atoms with E-state index in [1.54, 1.807) is 0 Å². The molecule has 0 saturated carbocycles. The molecule has 4 nitrogen and oxygen atoms in total. The maximum Gasteiger partial charge on any atom is 0.350 e. The van der Waals surface area contributed by atoms with Crippen LogP contribution in [0.3, 0.4) is 0 Å². The molecule has 0 rings (SSSR count). The molecule has 0 fully saturated rings. The van der Waals surface area contributed by atoms with E-state index in [0.717, 1.165) is 31.8 Å². The van der Waals surface area contributed by atoms with Crippen molar-refractivity contribution in [2.75, 3.05) is 13.2 Å². The first kappa shape index (κ1) is 16.0. The van der Waals surface area contributed by atoms with Crippen molar-refractivity contribution in [3.8, 4) is 0 Å². The van der Waals surface area contributed by atoms with Crippen LogP contribution in [0.4, 0.5) is 0 Å². The van der Waals surface area contributed by atoms with Crippen molar-refractivity contribution < 1.29 is 19.1 Å². The number of halogens is 1. The number of hydrogen-bond donors (Lipinski definition) is 0. The monoisotopic (exact) mass is 262 g/mol. The molecule has 0 unspecified atom stereocenters. The molecular formula is C12H19ClO4. The van der Waals surface area contributed by atoms with Crippen LogP contribution in [0.15, 0.2) is 11.1 Å². The van der Waals surface area contributed by atoms with Gasteiger partial charge in [0.1, 0.15) is 5.03 Å². The average Bonchev–Trinajstić information content (AvgIpc) is 2.29. The van der Waals surface area contributed by atoms with Crippen molar-refractivity contribution >= 4 is 23.5 Å². The molecule has 98 valence electrons. The summed E-state index contributed by atoms with van der Waals surface area (Å²) in [6, 6.07) is 0. The third-order valence-electron chi connectivity index (χ3n) is 1.91. The van der Waals surface area contributed by atoms with Crippen molar-refractivity contribution in [3.63, 3.8) is 0 Å². The summed E-state index contributed by atoms with van der Waals surface area (Å²) in [4.78, 5) is 22.4. The number of carbonyl (C=O) groups excluding carboxylic acids is 2. The molecule has 0 spiro atoms. The topological polar surface area (TPSA) is 52.6 Å². The summed E-state index contributed by atoms with van der Waals surface area (Å²) in [6.07, 6.45) is 4.37. The smallest absolute Gasteiger partial charge is 0.350 e. The summed E-state index contributed by atoms with van der Waals surface area (Å²) in [5, 5.41) is -0.248. The van der Waals surface area contributed by atoms with Crippen LogP contribution in [0.2, 0.25) is 0 Å². The quantitative estimate of drug-likeness (QED) is 0.383. The first-order valence-corrected chi connectivity index (χ1v) is 6.20. The van der Waals surface area contributed by atoms with Gasteiger partial charge < -0.3 is 9.47 Å². The van der Waals surface area contributed by atoms with Crippen molar-refractivity contribution in [3.05, 3.63) is 11.1 Å². The number of ether oxygens (including phenoxy) is 2. The molecule has 0 aliphatic carbocycles. The molecule has 0 heterocycles. The summed E-state index contributed by atoms with van der Waals surface area (Å²) in [5.74, 6) is -1.30. The van der Waals surface area contributed by atoms with Gasteiger partial charge >= 0.3 is 11.9 Å². The summed E-state index contributed by atoms with van der Waals surface area (Å²) < 4.78 is 9.65. The second kappa shape index (κ2) is 10.1. The fourth-order valence-corrected chi connectivity index (χ4v) is 1.04. The Bertz CT molecular complexity index is 274. The van der Waals surface area contributed by atoms with E-state index in [-0.39, 0.29) is 5.03 Å². The minimum absolute atomic E-state index is 0.248. The maximum absolute atomic E-state index is 11.3. The Kier molecular flexibility index (Phi) is 9.53. The Morgan fingerprint density at radius 3 is 2.12 bits per heavy atom. The van der Waals surface area contributed by atoms with Crippen LogP contribution in [-0.4, -0.2) is 25.2 Å². The summed E-state index contributed by atoms with van der Waals surface area (Å²) in [6.45, 7) is 4.61. The van der Waals surface area contributed by atoms with Crippen LogP contribution in [0, 0.1) is 0 Å². The minimum Gasteiger partial charge on any atom is -0.462 e. The zero-order chi connectivity index (χ0) is 13.1. The van der Waals surface area contributed by atoms with Crippen molar-refractivity contribution in [2.24, 2.45) is 0 Å². The predicted molar refractivity (Wildman–Crippen MR) is 65.7 cm³/mol. The molecule has 0 atom stereocenters. The van der Waals surface area contributed by atoms with E-state index >= 15 is 0 Å². The molecule has 0 radical (unpaired) electrons. The Labute approximate surface area is 107 Å². The molecule has 0 amide bonds. The van der Waals surface area contributed by atoms with Crippen LogP contribution < -0.4 is 0 Å². The lowest BCUT2D eigenvalue weighted by atomic mass is 10.3. The first-order valence-electron chi connectivity index (χ1n) is 5.82. The summed E-state index contributed by atoms with van der Waals surface area (Å²) in [7, 11) is 0. The van der Waals surface area contributed by atoms with Gasteiger partial charge in [-0.3, -0.25) is 0 Å². The van der Waals surface area contributed by atoms with Gasteiger partial charge in [0.2, 0.25) is 0 Å². The van der Waals surface area contributed by atoms with Crippen molar-refractivity contribution in [1.82, 2.24) is 0 Å². The number of esters is 2. The van der Waals surface area contributed by atoms with Gasteiger partial charge in [-0.15, -0.1) is 0 Å². The van der Waals surface area contributed by atoms with Crippen molar-refractivity contribution in [1.29, 1.82) is 0 Å². The molecule has 0 aromatic heterocycles. The highest BCUT2D eigenvalue weighted by molar-refractivity contribution is 6.42. The van der Waals surface area contributed by atoms with Crippen LogP contribution in [0.1, 0.15) is 39.5 Å². The van der Waals surface area contributed by atoms with E-state index in [1.807, 2.05) is 13.8 Å². The van der Waals surface area contributed by atoms with E-state index in [4.69, 9.17) is 21.1 Å². The second-order valence-corrected chi connectivity index (χ2v) is 3.91. The molecule has 0 bridgehead atoms. The fourth-order valence-electron chi connectivity index (χ4n) is 0.899. The minimum atomic E-state index is -0.687. The first-order chi connectivity index (χ1) is 8.11. The molecule has 0 N–H and O–H groups in total. The Balaban J connectivity index is 3.96. The van der Waals surface area contributed by atoms with Crippen LogP contribution >= 0.6 is 11.6 Å². The number of unbranched alkanes of at least 4 members (excludes halogenated alkanes) is 2. The normalized spacial score (nSPS) is 11.1. The van der Waals surface area contributed by atoms with Gasteiger partial charge in [0.15, 0.2) is 0 Å². The number of hydrogen-bond acceptors (Lipinski definition) is 4. The zero-order valence-corrected chi connectivity index (χ0v) is 11.1. The SMILES string of the molecule is CCCCOC(=O)/C=C(/Cl)C(=O)OCCCC.